The highest BCUT2D eigenvalue weighted by atomic mass is 16.3. The van der Waals surface area contributed by atoms with Crippen LogP contribution in [0.2, 0.25) is 0 Å². The predicted molar refractivity (Wildman–Crippen MR) is 66.9 cm³/mol. The van der Waals surface area contributed by atoms with E-state index in [2.05, 4.69) is 17.2 Å². The quantitative estimate of drug-likeness (QED) is 0.614. The second-order valence-electron chi connectivity index (χ2n) is 4.29. The Hall–Kier alpha value is -1.40. The van der Waals surface area contributed by atoms with Crippen molar-refractivity contribution < 1.29 is 15.0 Å². The summed E-state index contributed by atoms with van der Waals surface area (Å²) in [6.07, 6.45) is 7.39. The topological polar surface area (TPSA) is 87.4 Å². The summed E-state index contributed by atoms with van der Waals surface area (Å²) in [5, 5.41) is 20.4. The molecule has 0 spiro atoms. The Morgan fingerprint density at radius 2 is 2.17 bits per heavy atom. The zero-order chi connectivity index (χ0) is 13.4. The molecular weight excluding hydrogens is 234 g/mol. The minimum absolute atomic E-state index is 0.0653. The van der Waals surface area contributed by atoms with Gasteiger partial charge >= 0.3 is 0 Å². The molecule has 1 heterocycles. The van der Waals surface area contributed by atoms with Crippen molar-refractivity contribution in [2.75, 3.05) is 13.2 Å². The van der Waals surface area contributed by atoms with Crippen LogP contribution in [0.5, 0.6) is 0 Å². The molecule has 6 heteroatoms. The molecule has 0 fully saturated rings. The van der Waals surface area contributed by atoms with Gasteiger partial charge in [0.1, 0.15) is 0 Å². The standard InChI is InChI=1S/C12H21N3O3/c1-2-3-11(15-5-4-13-9-15)6-12(18)14-10(7-16)8-17/h4-5,9-11,16-17H,2-3,6-8H2,1H3,(H,14,18). The molecule has 0 aromatic carbocycles. The van der Waals surface area contributed by atoms with Gasteiger partial charge in [0.25, 0.3) is 0 Å². The fourth-order valence-electron chi connectivity index (χ4n) is 1.82. The van der Waals surface area contributed by atoms with Gasteiger partial charge in [-0.25, -0.2) is 4.98 Å². The summed E-state index contributed by atoms with van der Waals surface area (Å²) in [5.74, 6) is -0.171. The molecule has 102 valence electrons. The molecule has 1 amide bonds. The van der Waals surface area contributed by atoms with E-state index in [9.17, 15) is 4.79 Å². The number of carbonyl (C=O) groups excluding carboxylic acids is 1. The number of nitrogens with zero attached hydrogens (tertiary/aromatic N) is 2. The van der Waals surface area contributed by atoms with Crippen LogP contribution in [0.25, 0.3) is 0 Å². The van der Waals surface area contributed by atoms with Crippen molar-refractivity contribution in [3.05, 3.63) is 18.7 Å². The van der Waals surface area contributed by atoms with Gasteiger partial charge in [0.2, 0.25) is 5.91 Å². The van der Waals surface area contributed by atoms with Crippen LogP contribution >= 0.6 is 0 Å². The van der Waals surface area contributed by atoms with Crippen LogP contribution < -0.4 is 5.32 Å². The number of hydrogen-bond donors (Lipinski definition) is 3. The molecule has 0 aliphatic carbocycles. The van der Waals surface area contributed by atoms with Gasteiger partial charge < -0.3 is 20.1 Å². The van der Waals surface area contributed by atoms with Crippen LogP contribution in [0.15, 0.2) is 18.7 Å². The summed E-state index contributed by atoms with van der Waals surface area (Å²) in [6.45, 7) is 1.55. The first-order valence-electron chi connectivity index (χ1n) is 6.19. The van der Waals surface area contributed by atoms with E-state index in [0.717, 1.165) is 12.8 Å². The second kappa shape index (κ2) is 7.84. The average molecular weight is 255 g/mol. The van der Waals surface area contributed by atoms with Gasteiger partial charge in [0.15, 0.2) is 0 Å². The Bertz CT molecular complexity index is 336. The average Bonchev–Trinajstić information content (AvgIpc) is 2.89. The first kappa shape index (κ1) is 14.7. The molecule has 1 atom stereocenters. The Labute approximate surface area is 107 Å². The van der Waals surface area contributed by atoms with Crippen molar-refractivity contribution in [1.29, 1.82) is 0 Å². The number of amides is 1. The molecule has 1 rings (SSSR count). The molecule has 1 aromatic heterocycles. The van der Waals surface area contributed by atoms with Crippen LogP contribution in [0, 0.1) is 0 Å². The summed E-state index contributed by atoms with van der Waals surface area (Å²) < 4.78 is 1.91. The molecule has 0 saturated heterocycles. The molecule has 0 saturated carbocycles. The number of nitrogens with one attached hydrogen (secondary N) is 1. The lowest BCUT2D eigenvalue weighted by atomic mass is 10.1. The van der Waals surface area contributed by atoms with Crippen molar-refractivity contribution in [2.45, 2.75) is 38.3 Å². The van der Waals surface area contributed by atoms with E-state index in [-0.39, 0.29) is 25.2 Å². The zero-order valence-corrected chi connectivity index (χ0v) is 10.6. The molecule has 3 N–H and O–H groups in total. The molecule has 18 heavy (non-hydrogen) atoms. The van der Waals surface area contributed by atoms with E-state index in [1.807, 2.05) is 10.8 Å². The summed E-state index contributed by atoms with van der Waals surface area (Å²) in [5.41, 5.74) is 0. The van der Waals surface area contributed by atoms with Crippen LogP contribution in [0.1, 0.15) is 32.2 Å². The number of aliphatic hydroxyl groups is 2. The lowest BCUT2D eigenvalue weighted by Gasteiger charge is -2.19. The van der Waals surface area contributed by atoms with Crippen molar-refractivity contribution in [3.63, 3.8) is 0 Å². The smallest absolute Gasteiger partial charge is 0.222 e. The van der Waals surface area contributed by atoms with Crippen LogP contribution in [-0.2, 0) is 4.79 Å². The normalized spacial score (nSPS) is 12.7. The van der Waals surface area contributed by atoms with Gasteiger partial charge in [-0.2, -0.15) is 0 Å². The number of aliphatic hydroxyl groups excluding tert-OH is 2. The van der Waals surface area contributed by atoms with Crippen LogP contribution in [-0.4, -0.2) is 44.9 Å². The maximum Gasteiger partial charge on any atom is 0.222 e. The molecule has 1 aromatic rings. The maximum absolute atomic E-state index is 11.8. The summed E-state index contributed by atoms with van der Waals surface area (Å²) in [4.78, 5) is 15.8. The van der Waals surface area contributed by atoms with E-state index >= 15 is 0 Å². The Morgan fingerprint density at radius 3 is 2.67 bits per heavy atom. The summed E-state index contributed by atoms with van der Waals surface area (Å²) in [7, 11) is 0. The first-order valence-corrected chi connectivity index (χ1v) is 6.19. The third-order valence-corrected chi connectivity index (χ3v) is 2.80. The van der Waals surface area contributed by atoms with Crippen LogP contribution in [0.4, 0.5) is 0 Å². The van der Waals surface area contributed by atoms with E-state index in [1.54, 1.807) is 12.5 Å². The van der Waals surface area contributed by atoms with E-state index in [1.165, 1.54) is 0 Å². The third-order valence-electron chi connectivity index (χ3n) is 2.80. The summed E-state index contributed by atoms with van der Waals surface area (Å²) >= 11 is 0. The Balaban J connectivity index is 2.53. The zero-order valence-electron chi connectivity index (χ0n) is 10.6. The van der Waals surface area contributed by atoms with Gasteiger partial charge in [-0.1, -0.05) is 13.3 Å². The predicted octanol–water partition coefficient (Wildman–Crippen LogP) is 0.0838. The molecule has 0 aliphatic rings. The third kappa shape index (κ3) is 4.46. The Morgan fingerprint density at radius 1 is 1.44 bits per heavy atom. The number of rotatable bonds is 8. The number of hydrogen-bond acceptors (Lipinski definition) is 4. The fraction of sp³-hybridized carbons (Fsp3) is 0.667. The van der Waals surface area contributed by atoms with Crippen LogP contribution in [0.3, 0.4) is 0 Å². The first-order chi connectivity index (χ1) is 8.71. The minimum Gasteiger partial charge on any atom is -0.394 e. The minimum atomic E-state index is -0.581. The second-order valence-corrected chi connectivity index (χ2v) is 4.29. The van der Waals surface area contributed by atoms with Gasteiger partial charge in [0.05, 0.1) is 25.6 Å². The monoisotopic (exact) mass is 255 g/mol. The number of imidazole rings is 1. The number of aromatic nitrogens is 2. The molecule has 0 bridgehead atoms. The molecule has 1 unspecified atom stereocenters. The molecule has 0 radical (unpaired) electrons. The van der Waals surface area contributed by atoms with E-state index in [0.29, 0.717) is 6.42 Å². The van der Waals surface area contributed by atoms with Crippen molar-refractivity contribution in [2.24, 2.45) is 0 Å². The molecule has 6 nitrogen and oxygen atoms in total. The van der Waals surface area contributed by atoms with Gasteiger partial charge in [0, 0.05) is 24.9 Å². The molecule has 0 aliphatic heterocycles. The van der Waals surface area contributed by atoms with Gasteiger partial charge in [-0.15, -0.1) is 0 Å². The lowest BCUT2D eigenvalue weighted by molar-refractivity contribution is -0.123. The SMILES string of the molecule is CCCC(CC(=O)NC(CO)CO)n1ccnc1. The molecular formula is C12H21N3O3. The summed E-state index contributed by atoms with van der Waals surface area (Å²) in [6, 6.07) is -0.516. The van der Waals surface area contributed by atoms with Gasteiger partial charge in [-0.3, -0.25) is 4.79 Å². The highest BCUT2D eigenvalue weighted by molar-refractivity contribution is 5.76. The Kier molecular flexibility index (Phi) is 6.38. The number of carbonyl (C=O) groups is 1. The largest absolute Gasteiger partial charge is 0.394 e. The highest BCUT2D eigenvalue weighted by Crippen LogP contribution is 2.17. The van der Waals surface area contributed by atoms with Gasteiger partial charge in [-0.05, 0) is 6.42 Å². The van der Waals surface area contributed by atoms with Crippen molar-refractivity contribution in [3.8, 4) is 0 Å². The van der Waals surface area contributed by atoms with Crippen molar-refractivity contribution in [1.82, 2.24) is 14.9 Å². The van der Waals surface area contributed by atoms with E-state index in [4.69, 9.17) is 10.2 Å². The van der Waals surface area contributed by atoms with E-state index < -0.39 is 6.04 Å². The highest BCUT2D eigenvalue weighted by Gasteiger charge is 2.16. The van der Waals surface area contributed by atoms with Crippen molar-refractivity contribution >= 4 is 5.91 Å². The lowest BCUT2D eigenvalue weighted by Crippen LogP contribution is -2.40. The maximum atomic E-state index is 11.8. The fourth-order valence-corrected chi connectivity index (χ4v) is 1.82.